The van der Waals surface area contributed by atoms with Gasteiger partial charge in [-0.15, -0.1) is 0 Å². The lowest BCUT2D eigenvalue weighted by atomic mass is 10.2. The van der Waals surface area contributed by atoms with Crippen LogP contribution in [0.3, 0.4) is 0 Å². The molecule has 0 radical (unpaired) electrons. The number of pyridine rings is 1. The van der Waals surface area contributed by atoms with Gasteiger partial charge in [0.1, 0.15) is 5.69 Å². The normalized spacial score (nSPS) is 9.18. The summed E-state index contributed by atoms with van der Waals surface area (Å²) in [6.45, 7) is 5.27. The summed E-state index contributed by atoms with van der Waals surface area (Å²) in [5.74, 6) is -0.440. The predicted molar refractivity (Wildman–Crippen MR) is 65.7 cm³/mol. The summed E-state index contributed by atoms with van der Waals surface area (Å²) in [6, 6.07) is 3.41. The van der Waals surface area contributed by atoms with Crippen LogP contribution in [0, 0.1) is 0 Å². The van der Waals surface area contributed by atoms with Crippen molar-refractivity contribution in [3.8, 4) is 0 Å². The van der Waals surface area contributed by atoms with E-state index in [0.717, 1.165) is 5.56 Å². The molecule has 0 atom stereocenters. The number of rotatable bonds is 5. The second kappa shape index (κ2) is 9.74. The van der Waals surface area contributed by atoms with Gasteiger partial charge in [0, 0.05) is 19.3 Å². The molecular weight excluding hydrogens is 220 g/mol. The molecule has 5 heteroatoms. The van der Waals surface area contributed by atoms with E-state index in [4.69, 9.17) is 5.11 Å². The van der Waals surface area contributed by atoms with E-state index in [0.29, 0.717) is 18.8 Å². The van der Waals surface area contributed by atoms with Crippen molar-refractivity contribution in [1.29, 1.82) is 0 Å². The largest absolute Gasteiger partial charge is 0.464 e. The van der Waals surface area contributed by atoms with Gasteiger partial charge < -0.3 is 15.2 Å². The number of aliphatic hydroxyl groups excluding tert-OH is 1. The van der Waals surface area contributed by atoms with E-state index >= 15 is 0 Å². The van der Waals surface area contributed by atoms with Gasteiger partial charge in [0.05, 0.1) is 13.7 Å². The lowest BCUT2D eigenvalue weighted by molar-refractivity contribution is 0.0594. The van der Waals surface area contributed by atoms with Gasteiger partial charge in [-0.05, 0) is 11.6 Å². The van der Waals surface area contributed by atoms with E-state index in [-0.39, 0.29) is 6.61 Å². The number of methoxy groups -OCH3 is 1. The molecule has 0 bridgehead atoms. The molecule has 0 saturated carbocycles. The third-order valence-corrected chi connectivity index (χ3v) is 1.84. The maximum atomic E-state index is 11.1. The number of carbonyl (C=O) groups is 1. The Labute approximate surface area is 102 Å². The van der Waals surface area contributed by atoms with Crippen LogP contribution < -0.4 is 5.32 Å². The van der Waals surface area contributed by atoms with Crippen LogP contribution in [0.15, 0.2) is 18.3 Å². The molecule has 1 aromatic rings. The van der Waals surface area contributed by atoms with Gasteiger partial charge in [-0.1, -0.05) is 19.9 Å². The first-order valence-electron chi connectivity index (χ1n) is 5.62. The molecule has 17 heavy (non-hydrogen) atoms. The highest BCUT2D eigenvalue weighted by molar-refractivity contribution is 5.86. The fraction of sp³-hybridized carbons (Fsp3) is 0.500. The molecule has 0 amide bonds. The Bertz CT molecular complexity index is 312. The molecular formula is C12H20N2O3. The Morgan fingerprint density at radius 3 is 2.65 bits per heavy atom. The Kier molecular flexibility index (Phi) is 8.91. The number of hydrogen-bond acceptors (Lipinski definition) is 5. The topological polar surface area (TPSA) is 71.5 Å². The van der Waals surface area contributed by atoms with Crippen LogP contribution in [0.2, 0.25) is 0 Å². The first kappa shape index (κ1) is 15.5. The Balaban J connectivity index is 0.00000121. The van der Waals surface area contributed by atoms with Gasteiger partial charge >= 0.3 is 5.97 Å². The standard InChI is InChI=1S/C10H14N2O3.C2H6/c1-15-10(14)9-3-2-8(7-12-9)6-11-4-5-13;1-2/h2-3,7,11,13H,4-6H2,1H3;1-2H3. The number of carbonyl (C=O) groups excluding carboxylic acids is 1. The van der Waals surface area contributed by atoms with Crippen molar-refractivity contribution >= 4 is 5.97 Å². The number of nitrogens with one attached hydrogen (secondary N) is 1. The Morgan fingerprint density at radius 1 is 1.47 bits per heavy atom. The number of ether oxygens (including phenoxy) is 1. The van der Waals surface area contributed by atoms with Crippen LogP contribution in [-0.2, 0) is 11.3 Å². The number of aromatic nitrogens is 1. The van der Waals surface area contributed by atoms with E-state index in [1.165, 1.54) is 7.11 Å². The fourth-order valence-electron chi connectivity index (χ4n) is 1.07. The fourth-order valence-corrected chi connectivity index (χ4v) is 1.07. The third-order valence-electron chi connectivity index (χ3n) is 1.84. The van der Waals surface area contributed by atoms with Crippen LogP contribution in [0.25, 0.3) is 0 Å². The summed E-state index contributed by atoms with van der Waals surface area (Å²) >= 11 is 0. The Morgan fingerprint density at radius 2 is 2.18 bits per heavy atom. The predicted octanol–water partition coefficient (Wildman–Crippen LogP) is 0.976. The van der Waals surface area contributed by atoms with Crippen LogP contribution in [0.4, 0.5) is 0 Å². The zero-order valence-electron chi connectivity index (χ0n) is 10.6. The summed E-state index contributed by atoms with van der Waals surface area (Å²) in [5.41, 5.74) is 1.25. The number of esters is 1. The number of nitrogens with zero attached hydrogens (tertiary/aromatic N) is 1. The molecule has 1 rings (SSSR count). The summed E-state index contributed by atoms with van der Waals surface area (Å²) in [5, 5.41) is 11.6. The monoisotopic (exact) mass is 240 g/mol. The van der Waals surface area contributed by atoms with Crippen LogP contribution in [-0.4, -0.2) is 36.3 Å². The van der Waals surface area contributed by atoms with Gasteiger partial charge in [0.25, 0.3) is 0 Å². The molecule has 0 aromatic carbocycles. The van der Waals surface area contributed by atoms with E-state index < -0.39 is 5.97 Å². The first-order chi connectivity index (χ1) is 8.27. The highest BCUT2D eigenvalue weighted by Crippen LogP contribution is 2.01. The molecule has 0 aliphatic carbocycles. The van der Waals surface area contributed by atoms with Crippen LogP contribution in [0.5, 0.6) is 0 Å². The second-order valence-electron chi connectivity index (χ2n) is 2.94. The maximum absolute atomic E-state index is 11.1. The SMILES string of the molecule is CC.COC(=O)c1ccc(CNCCO)cn1. The maximum Gasteiger partial charge on any atom is 0.356 e. The average Bonchev–Trinajstić information content (AvgIpc) is 2.41. The van der Waals surface area contributed by atoms with Gasteiger partial charge in [-0.2, -0.15) is 0 Å². The summed E-state index contributed by atoms with van der Waals surface area (Å²) < 4.78 is 4.52. The summed E-state index contributed by atoms with van der Waals surface area (Å²) in [7, 11) is 1.32. The van der Waals surface area contributed by atoms with Crippen molar-refractivity contribution in [1.82, 2.24) is 10.3 Å². The van der Waals surface area contributed by atoms with Gasteiger partial charge in [0.15, 0.2) is 0 Å². The minimum absolute atomic E-state index is 0.105. The molecule has 0 spiro atoms. The lowest BCUT2D eigenvalue weighted by Gasteiger charge is -2.03. The van der Waals surface area contributed by atoms with Crippen LogP contribution in [0.1, 0.15) is 29.9 Å². The van der Waals surface area contributed by atoms with Crippen molar-refractivity contribution in [2.75, 3.05) is 20.3 Å². The first-order valence-corrected chi connectivity index (χ1v) is 5.62. The van der Waals surface area contributed by atoms with E-state index in [1.807, 2.05) is 13.8 Å². The molecule has 0 fully saturated rings. The highest BCUT2D eigenvalue weighted by Gasteiger charge is 2.05. The highest BCUT2D eigenvalue weighted by atomic mass is 16.5. The summed E-state index contributed by atoms with van der Waals surface area (Å²) in [6.07, 6.45) is 1.61. The molecule has 1 heterocycles. The zero-order valence-corrected chi connectivity index (χ0v) is 10.6. The van der Waals surface area contributed by atoms with Crippen molar-refractivity contribution in [2.45, 2.75) is 20.4 Å². The molecule has 0 aliphatic rings. The number of aliphatic hydroxyl groups is 1. The van der Waals surface area contributed by atoms with Crippen molar-refractivity contribution in [2.24, 2.45) is 0 Å². The molecule has 1 aromatic heterocycles. The van der Waals surface area contributed by atoms with Gasteiger partial charge in [-0.25, -0.2) is 9.78 Å². The van der Waals surface area contributed by atoms with E-state index in [9.17, 15) is 4.79 Å². The molecule has 0 aliphatic heterocycles. The lowest BCUT2D eigenvalue weighted by Crippen LogP contribution is -2.17. The average molecular weight is 240 g/mol. The van der Waals surface area contributed by atoms with E-state index in [2.05, 4.69) is 15.0 Å². The molecule has 5 nitrogen and oxygen atoms in total. The number of hydrogen-bond donors (Lipinski definition) is 2. The minimum Gasteiger partial charge on any atom is -0.464 e. The molecule has 2 N–H and O–H groups in total. The zero-order chi connectivity index (χ0) is 13.1. The smallest absolute Gasteiger partial charge is 0.356 e. The van der Waals surface area contributed by atoms with Crippen LogP contribution >= 0.6 is 0 Å². The summed E-state index contributed by atoms with van der Waals surface area (Å²) in [4.78, 5) is 15.0. The quantitative estimate of drug-likeness (QED) is 0.593. The third kappa shape index (κ3) is 5.99. The molecule has 96 valence electrons. The van der Waals surface area contributed by atoms with Crippen molar-refractivity contribution in [3.05, 3.63) is 29.6 Å². The van der Waals surface area contributed by atoms with Gasteiger partial charge in [0.2, 0.25) is 0 Å². The van der Waals surface area contributed by atoms with Crippen molar-refractivity contribution in [3.63, 3.8) is 0 Å². The Hall–Kier alpha value is -1.46. The van der Waals surface area contributed by atoms with Gasteiger partial charge in [-0.3, -0.25) is 0 Å². The minimum atomic E-state index is -0.440. The second-order valence-corrected chi connectivity index (χ2v) is 2.94. The molecule has 0 saturated heterocycles. The van der Waals surface area contributed by atoms with E-state index in [1.54, 1.807) is 18.3 Å². The van der Waals surface area contributed by atoms with Crippen molar-refractivity contribution < 1.29 is 14.6 Å². The molecule has 0 unspecified atom stereocenters.